The van der Waals surface area contributed by atoms with E-state index in [0.29, 0.717) is 5.69 Å². The minimum atomic E-state index is -0.821. The summed E-state index contributed by atoms with van der Waals surface area (Å²) in [7, 11) is 0. The van der Waals surface area contributed by atoms with Gasteiger partial charge >= 0.3 is 0 Å². The average molecular weight is 485 g/mol. The van der Waals surface area contributed by atoms with Crippen LogP contribution in [0.25, 0.3) is 20.5 Å². The maximum atomic E-state index is 13.3. The molecule has 0 radical (unpaired) electrons. The predicted octanol–water partition coefficient (Wildman–Crippen LogP) is 4.13. The summed E-state index contributed by atoms with van der Waals surface area (Å²) in [6.45, 7) is 3.87. The van der Waals surface area contributed by atoms with Crippen LogP contribution in [0.3, 0.4) is 0 Å². The molecule has 1 amide bonds. The van der Waals surface area contributed by atoms with Crippen LogP contribution in [0.2, 0.25) is 0 Å². The van der Waals surface area contributed by atoms with Crippen molar-refractivity contribution in [1.29, 1.82) is 0 Å². The highest BCUT2D eigenvalue weighted by Crippen LogP contribution is 2.35. The Kier molecular flexibility index (Phi) is 6.95. The van der Waals surface area contributed by atoms with Gasteiger partial charge in [0.2, 0.25) is 0 Å². The molecule has 1 unspecified atom stereocenters. The van der Waals surface area contributed by atoms with E-state index in [9.17, 15) is 14.0 Å². The number of hydrogen-bond donors (Lipinski definition) is 1. The van der Waals surface area contributed by atoms with Crippen molar-refractivity contribution >= 4 is 28.6 Å². The second-order valence-electron chi connectivity index (χ2n) is 7.20. The van der Waals surface area contributed by atoms with E-state index >= 15 is 0 Å². The summed E-state index contributed by atoms with van der Waals surface area (Å²) < 4.78 is 20.1. The number of hydrogen-bond acceptors (Lipinski definition) is 7. The Balaban J connectivity index is 1.40. The molecule has 3 aromatic heterocycles. The number of benzene rings is 1. The number of rotatable bonds is 8. The van der Waals surface area contributed by atoms with Crippen LogP contribution in [0.15, 0.2) is 58.7 Å². The van der Waals surface area contributed by atoms with E-state index in [4.69, 9.17) is 4.74 Å². The number of carbonyl (C=O) groups is 1. The molecular weight excluding hydrogens is 463 g/mol. The van der Waals surface area contributed by atoms with Gasteiger partial charge in [-0.25, -0.2) is 14.1 Å². The fraction of sp³-hybridized carbons (Fsp3) is 0.217. The van der Waals surface area contributed by atoms with Crippen LogP contribution in [-0.4, -0.2) is 33.3 Å². The molecule has 1 aromatic carbocycles. The van der Waals surface area contributed by atoms with E-state index in [1.807, 2.05) is 24.4 Å². The van der Waals surface area contributed by atoms with E-state index in [-0.39, 0.29) is 30.3 Å². The number of halogens is 1. The summed E-state index contributed by atoms with van der Waals surface area (Å²) in [6, 6.07) is 12.7. The number of thiazole rings is 1. The molecule has 0 saturated carbocycles. The van der Waals surface area contributed by atoms with Crippen molar-refractivity contribution < 1.29 is 13.9 Å². The quantitative estimate of drug-likeness (QED) is 0.407. The van der Waals surface area contributed by atoms with Crippen LogP contribution < -0.4 is 15.6 Å². The van der Waals surface area contributed by atoms with E-state index in [0.717, 1.165) is 20.5 Å². The van der Waals surface area contributed by atoms with Crippen molar-refractivity contribution in [3.05, 3.63) is 75.8 Å². The second-order valence-corrected chi connectivity index (χ2v) is 9.15. The summed E-state index contributed by atoms with van der Waals surface area (Å²) in [5.41, 5.74) is 1.23. The topological polar surface area (TPSA) is 86.1 Å². The molecule has 0 aliphatic heterocycles. The zero-order valence-corrected chi connectivity index (χ0v) is 19.6. The molecule has 4 aromatic rings. The first-order valence-electron chi connectivity index (χ1n) is 10.2. The lowest BCUT2D eigenvalue weighted by atomic mass is 10.3. The highest BCUT2D eigenvalue weighted by atomic mass is 32.1. The molecule has 0 aliphatic carbocycles. The van der Waals surface area contributed by atoms with Gasteiger partial charge < -0.3 is 10.1 Å². The highest BCUT2D eigenvalue weighted by molar-refractivity contribution is 7.23. The summed E-state index contributed by atoms with van der Waals surface area (Å²) in [5, 5.41) is 10.1. The normalized spacial score (nSPS) is 11.8. The molecule has 0 spiro atoms. The first kappa shape index (κ1) is 22.8. The number of thiophene rings is 1. The van der Waals surface area contributed by atoms with Crippen LogP contribution in [0.4, 0.5) is 4.39 Å². The Hall–Kier alpha value is -3.37. The van der Waals surface area contributed by atoms with Gasteiger partial charge in [-0.2, -0.15) is 5.10 Å². The maximum absolute atomic E-state index is 13.3. The summed E-state index contributed by atoms with van der Waals surface area (Å²) in [5.74, 6) is -0.545. The number of aryl methyl sites for hydroxylation is 1. The number of nitrogens with zero attached hydrogens (tertiary/aromatic N) is 3. The van der Waals surface area contributed by atoms with Gasteiger partial charge in [-0.3, -0.25) is 9.59 Å². The molecule has 1 atom stereocenters. The Bertz CT molecular complexity index is 1320. The molecule has 0 bridgehead atoms. The molecule has 0 fully saturated rings. The summed E-state index contributed by atoms with van der Waals surface area (Å²) in [4.78, 5) is 31.2. The predicted molar refractivity (Wildman–Crippen MR) is 127 cm³/mol. The van der Waals surface area contributed by atoms with Gasteiger partial charge in [-0.1, -0.05) is 12.1 Å². The largest absolute Gasteiger partial charge is 0.481 e. The third-order valence-corrected chi connectivity index (χ3v) is 6.95. The Morgan fingerprint density at radius 2 is 2.09 bits per heavy atom. The van der Waals surface area contributed by atoms with Gasteiger partial charge in [0.15, 0.2) is 6.10 Å². The molecule has 3 heterocycles. The van der Waals surface area contributed by atoms with Crippen molar-refractivity contribution in [2.45, 2.75) is 26.5 Å². The summed E-state index contributed by atoms with van der Waals surface area (Å²) in [6.07, 6.45) is -0.821. The lowest BCUT2D eigenvalue weighted by Gasteiger charge is -2.15. The molecule has 7 nitrogen and oxygen atoms in total. The number of nitrogens with one attached hydrogen (secondary N) is 1. The average Bonchev–Trinajstić information content (AvgIpc) is 3.45. The smallest absolute Gasteiger partial charge is 0.266 e. The van der Waals surface area contributed by atoms with Crippen LogP contribution in [0, 0.1) is 12.7 Å². The van der Waals surface area contributed by atoms with Gasteiger partial charge in [0.25, 0.3) is 11.5 Å². The zero-order valence-electron chi connectivity index (χ0n) is 17.9. The number of ether oxygens (including phenoxy) is 1. The maximum Gasteiger partial charge on any atom is 0.266 e. The van der Waals surface area contributed by atoms with Gasteiger partial charge in [-0.05, 0) is 43.5 Å². The first-order valence-corrected chi connectivity index (χ1v) is 11.9. The van der Waals surface area contributed by atoms with E-state index < -0.39 is 11.9 Å². The Labute approximate surface area is 197 Å². The van der Waals surface area contributed by atoms with E-state index in [1.165, 1.54) is 40.3 Å². The minimum Gasteiger partial charge on any atom is -0.481 e. The Morgan fingerprint density at radius 3 is 2.85 bits per heavy atom. The molecule has 33 heavy (non-hydrogen) atoms. The van der Waals surface area contributed by atoms with Crippen molar-refractivity contribution in [3.8, 4) is 26.2 Å². The van der Waals surface area contributed by atoms with Crippen molar-refractivity contribution in [2.24, 2.45) is 0 Å². The third kappa shape index (κ3) is 5.52. The van der Waals surface area contributed by atoms with E-state index in [1.54, 1.807) is 30.4 Å². The molecule has 0 saturated heterocycles. The van der Waals surface area contributed by atoms with Gasteiger partial charge in [0.05, 0.1) is 22.0 Å². The minimum absolute atomic E-state index is 0.189. The lowest BCUT2D eigenvalue weighted by molar-refractivity contribution is -0.127. The molecular formula is C23H21FN4O3S2. The standard InChI is InChI=1S/C23H21FN4O3S2/c1-14-21(33-23(26-14)19-7-4-12-32-19)18-8-9-20(29)28(27-18)11-10-25-22(30)15(2)31-17-6-3-5-16(24)13-17/h3-9,12-13,15H,10-11H2,1-2H3,(H,25,30). The summed E-state index contributed by atoms with van der Waals surface area (Å²) >= 11 is 3.15. The van der Waals surface area contributed by atoms with Gasteiger partial charge in [0.1, 0.15) is 22.3 Å². The molecule has 0 aliphatic rings. The SMILES string of the molecule is Cc1nc(-c2cccs2)sc1-c1ccc(=O)n(CCNC(=O)C(C)Oc2cccc(F)c2)n1. The third-order valence-electron chi connectivity index (χ3n) is 4.73. The fourth-order valence-corrected chi connectivity index (χ4v) is 4.92. The monoisotopic (exact) mass is 484 g/mol. The van der Waals surface area contributed by atoms with Crippen molar-refractivity contribution in [1.82, 2.24) is 20.1 Å². The zero-order chi connectivity index (χ0) is 23.4. The van der Waals surface area contributed by atoms with Crippen LogP contribution in [0.1, 0.15) is 12.6 Å². The molecule has 1 N–H and O–H groups in total. The van der Waals surface area contributed by atoms with Gasteiger partial charge in [0, 0.05) is 18.7 Å². The Morgan fingerprint density at radius 1 is 1.24 bits per heavy atom. The van der Waals surface area contributed by atoms with E-state index in [2.05, 4.69) is 15.4 Å². The molecule has 10 heteroatoms. The molecule has 170 valence electrons. The number of aromatic nitrogens is 3. The van der Waals surface area contributed by atoms with Gasteiger partial charge in [-0.15, -0.1) is 22.7 Å². The van der Waals surface area contributed by atoms with Crippen molar-refractivity contribution in [3.63, 3.8) is 0 Å². The first-order chi connectivity index (χ1) is 15.9. The fourth-order valence-electron chi connectivity index (χ4n) is 3.10. The van der Waals surface area contributed by atoms with Crippen LogP contribution in [-0.2, 0) is 11.3 Å². The van der Waals surface area contributed by atoms with Crippen LogP contribution in [0.5, 0.6) is 5.75 Å². The number of amides is 1. The second kappa shape index (κ2) is 10.1. The van der Waals surface area contributed by atoms with Crippen molar-refractivity contribution in [2.75, 3.05) is 6.54 Å². The lowest BCUT2D eigenvalue weighted by Crippen LogP contribution is -2.39. The molecule has 4 rings (SSSR count). The number of carbonyl (C=O) groups excluding carboxylic acids is 1. The highest BCUT2D eigenvalue weighted by Gasteiger charge is 2.16. The van der Waals surface area contributed by atoms with Crippen LogP contribution >= 0.6 is 22.7 Å².